The number of aromatic amines is 1. The van der Waals surface area contributed by atoms with Crippen LogP contribution in [-0.4, -0.2) is 80.3 Å². The highest BCUT2D eigenvalue weighted by molar-refractivity contribution is 5.96. The molecule has 0 aromatic carbocycles. The second-order valence-electron chi connectivity index (χ2n) is 8.39. The minimum atomic E-state index is -1.21. The molecule has 0 bridgehead atoms. The summed E-state index contributed by atoms with van der Waals surface area (Å²) in [5, 5.41) is 19.1. The fourth-order valence-electron chi connectivity index (χ4n) is 3.10. The van der Waals surface area contributed by atoms with Crippen LogP contribution < -0.4 is 21.3 Å². The van der Waals surface area contributed by atoms with Crippen molar-refractivity contribution >= 4 is 29.6 Å². The highest BCUT2D eigenvalue weighted by Crippen LogP contribution is 2.02. The standard InChI is InChI=1S/C22H26N6O6.C4H6N2/c29-18(13-27-21(32)16-6-4-9-24-12-16)26-14-19(30)28-17(22(33)34)7-1-2-10-25-20(31)15-5-3-8-23-11-15;1-4-2-5-3-6-4/h3-6,8-9,11-12,17H,1-2,7,10,13-14H2,(H,25,31)(H,26,29)(H,27,32)(H,28,30)(H,33,34);2-3H,1H3,(H,5,6). The zero-order valence-corrected chi connectivity index (χ0v) is 21.9. The molecule has 3 rings (SSSR count). The lowest BCUT2D eigenvalue weighted by molar-refractivity contribution is -0.142. The maximum Gasteiger partial charge on any atom is 0.326 e. The van der Waals surface area contributed by atoms with E-state index in [9.17, 15) is 29.1 Å². The predicted octanol–water partition coefficient (Wildman–Crippen LogP) is 0.210. The minimum Gasteiger partial charge on any atom is -0.480 e. The number of aromatic nitrogens is 4. The molecular weight excluding hydrogens is 520 g/mol. The van der Waals surface area contributed by atoms with Crippen LogP contribution in [0.3, 0.4) is 0 Å². The van der Waals surface area contributed by atoms with Crippen molar-refractivity contribution in [1.29, 1.82) is 0 Å². The highest BCUT2D eigenvalue weighted by Gasteiger charge is 2.20. The molecule has 40 heavy (non-hydrogen) atoms. The third-order valence-corrected chi connectivity index (χ3v) is 5.18. The van der Waals surface area contributed by atoms with Gasteiger partial charge in [-0.15, -0.1) is 0 Å². The van der Waals surface area contributed by atoms with Crippen LogP contribution in [0, 0.1) is 6.92 Å². The second-order valence-corrected chi connectivity index (χ2v) is 8.39. The van der Waals surface area contributed by atoms with Gasteiger partial charge >= 0.3 is 5.97 Å². The van der Waals surface area contributed by atoms with Gasteiger partial charge in [0, 0.05) is 43.2 Å². The molecule has 0 saturated carbocycles. The Labute approximate surface area is 230 Å². The Morgan fingerprint density at radius 2 is 1.45 bits per heavy atom. The SMILES string of the molecule is Cc1cnc[nH]1.O=C(CNC(=O)c1cccnc1)NCC(=O)NC(CCCCNC(=O)c1cccnc1)C(=O)O. The van der Waals surface area contributed by atoms with E-state index in [0.717, 1.165) is 5.69 Å². The molecule has 0 fully saturated rings. The topological polar surface area (TPSA) is 208 Å². The molecule has 212 valence electrons. The number of carboxylic acid groups (broad SMARTS) is 1. The Kier molecular flexibility index (Phi) is 13.5. The molecule has 3 aromatic heterocycles. The average molecular weight is 553 g/mol. The molecule has 14 nitrogen and oxygen atoms in total. The zero-order valence-electron chi connectivity index (χ0n) is 21.9. The summed E-state index contributed by atoms with van der Waals surface area (Å²) < 4.78 is 0. The molecule has 0 spiro atoms. The summed E-state index contributed by atoms with van der Waals surface area (Å²) in [6.45, 7) is 1.52. The van der Waals surface area contributed by atoms with E-state index in [2.05, 4.69) is 41.2 Å². The molecule has 3 heterocycles. The lowest BCUT2D eigenvalue weighted by Gasteiger charge is -2.15. The third-order valence-electron chi connectivity index (χ3n) is 5.18. The van der Waals surface area contributed by atoms with E-state index in [4.69, 9.17) is 0 Å². The molecule has 0 saturated heterocycles. The molecule has 1 unspecified atom stereocenters. The number of H-pyrrole nitrogens is 1. The van der Waals surface area contributed by atoms with E-state index >= 15 is 0 Å². The van der Waals surface area contributed by atoms with Gasteiger partial charge in [-0.1, -0.05) is 0 Å². The highest BCUT2D eigenvalue weighted by atomic mass is 16.4. The first kappa shape index (κ1) is 31.1. The number of hydrogen-bond donors (Lipinski definition) is 6. The number of carbonyl (C=O) groups is 5. The van der Waals surface area contributed by atoms with Crippen LogP contribution in [0.25, 0.3) is 0 Å². The van der Waals surface area contributed by atoms with Gasteiger partial charge in [-0.05, 0) is 50.5 Å². The van der Waals surface area contributed by atoms with Gasteiger partial charge in [-0.25, -0.2) is 9.78 Å². The van der Waals surface area contributed by atoms with Crippen molar-refractivity contribution in [2.45, 2.75) is 32.2 Å². The third kappa shape index (κ3) is 12.4. The van der Waals surface area contributed by atoms with Crippen LogP contribution in [0.15, 0.2) is 61.6 Å². The number of rotatable bonds is 13. The lowest BCUT2D eigenvalue weighted by atomic mass is 10.1. The number of hydrogen-bond acceptors (Lipinski definition) is 8. The number of nitrogens with zero attached hydrogens (tertiary/aromatic N) is 3. The number of carbonyl (C=O) groups excluding carboxylic acids is 4. The normalized spacial score (nSPS) is 10.7. The van der Waals surface area contributed by atoms with Crippen LogP contribution >= 0.6 is 0 Å². The van der Waals surface area contributed by atoms with Crippen molar-refractivity contribution in [2.24, 2.45) is 0 Å². The monoisotopic (exact) mass is 552 g/mol. The number of pyridine rings is 2. The molecule has 0 aliphatic rings. The van der Waals surface area contributed by atoms with Gasteiger partial charge in [-0.3, -0.25) is 29.1 Å². The van der Waals surface area contributed by atoms with Crippen molar-refractivity contribution in [3.8, 4) is 0 Å². The van der Waals surface area contributed by atoms with Gasteiger partial charge < -0.3 is 31.4 Å². The van der Waals surface area contributed by atoms with Gasteiger partial charge in [0.25, 0.3) is 11.8 Å². The number of nitrogens with one attached hydrogen (secondary N) is 5. The van der Waals surface area contributed by atoms with Gasteiger partial charge in [0.1, 0.15) is 6.04 Å². The van der Waals surface area contributed by atoms with E-state index in [1.165, 1.54) is 24.7 Å². The first-order valence-corrected chi connectivity index (χ1v) is 12.4. The molecule has 1 atom stereocenters. The van der Waals surface area contributed by atoms with Crippen molar-refractivity contribution in [3.05, 3.63) is 78.4 Å². The van der Waals surface area contributed by atoms with E-state index < -0.39 is 36.3 Å². The Balaban J connectivity index is 0.000000821. The summed E-state index contributed by atoms with van der Waals surface area (Å²) in [6.07, 6.45) is 10.4. The van der Waals surface area contributed by atoms with E-state index in [0.29, 0.717) is 24.9 Å². The van der Waals surface area contributed by atoms with Crippen molar-refractivity contribution in [3.63, 3.8) is 0 Å². The van der Waals surface area contributed by atoms with E-state index in [1.54, 1.807) is 36.9 Å². The van der Waals surface area contributed by atoms with Crippen molar-refractivity contribution in [1.82, 2.24) is 41.2 Å². The first-order chi connectivity index (χ1) is 19.3. The van der Waals surface area contributed by atoms with Gasteiger partial charge in [0.05, 0.1) is 30.5 Å². The fraction of sp³-hybridized carbons (Fsp3) is 0.308. The smallest absolute Gasteiger partial charge is 0.326 e. The van der Waals surface area contributed by atoms with Crippen LogP contribution in [-0.2, 0) is 14.4 Å². The quantitative estimate of drug-likeness (QED) is 0.160. The van der Waals surface area contributed by atoms with E-state index in [1.807, 2.05) is 6.92 Å². The summed E-state index contributed by atoms with van der Waals surface area (Å²) in [4.78, 5) is 73.3. The lowest BCUT2D eigenvalue weighted by Crippen LogP contribution is -2.47. The Morgan fingerprint density at radius 1 is 0.825 bits per heavy atom. The second kappa shape index (κ2) is 17.4. The number of aryl methyl sites for hydroxylation is 1. The molecule has 3 aromatic rings. The van der Waals surface area contributed by atoms with Crippen LogP contribution in [0.1, 0.15) is 45.7 Å². The van der Waals surface area contributed by atoms with Crippen LogP contribution in [0.4, 0.5) is 0 Å². The fourth-order valence-corrected chi connectivity index (χ4v) is 3.10. The summed E-state index contributed by atoms with van der Waals surface area (Å²) >= 11 is 0. The van der Waals surface area contributed by atoms with E-state index in [-0.39, 0.29) is 24.4 Å². The Morgan fingerprint density at radius 3 is 1.95 bits per heavy atom. The number of aliphatic carboxylic acids is 1. The number of unbranched alkanes of at least 4 members (excludes halogenated alkanes) is 1. The summed E-state index contributed by atoms with van der Waals surface area (Å²) in [6, 6.07) is 5.26. The van der Waals surface area contributed by atoms with Crippen molar-refractivity contribution in [2.75, 3.05) is 19.6 Å². The molecule has 14 heteroatoms. The number of imidazole rings is 1. The minimum absolute atomic E-state index is 0.152. The summed E-state index contributed by atoms with van der Waals surface area (Å²) in [5.41, 5.74) is 1.82. The van der Waals surface area contributed by atoms with Crippen LogP contribution in [0.5, 0.6) is 0 Å². The largest absolute Gasteiger partial charge is 0.480 e. The zero-order chi connectivity index (χ0) is 29.2. The molecule has 0 radical (unpaired) electrons. The predicted molar refractivity (Wildman–Crippen MR) is 143 cm³/mol. The summed E-state index contributed by atoms with van der Waals surface area (Å²) in [5.74, 6) is -3.26. The molecule has 0 aliphatic carbocycles. The molecule has 0 aliphatic heterocycles. The maximum atomic E-state index is 12.0. The average Bonchev–Trinajstić information content (AvgIpc) is 3.45. The molecule has 4 amide bonds. The van der Waals surface area contributed by atoms with Crippen molar-refractivity contribution < 1.29 is 29.1 Å². The molecule has 6 N–H and O–H groups in total. The van der Waals surface area contributed by atoms with Crippen LogP contribution in [0.2, 0.25) is 0 Å². The maximum absolute atomic E-state index is 12.0. The number of carboxylic acids is 1. The Bertz CT molecular complexity index is 1220. The van der Waals surface area contributed by atoms with Gasteiger partial charge in [0.2, 0.25) is 11.8 Å². The number of amides is 4. The van der Waals surface area contributed by atoms with Gasteiger partial charge in [0.15, 0.2) is 0 Å². The first-order valence-electron chi connectivity index (χ1n) is 12.4. The summed E-state index contributed by atoms with van der Waals surface area (Å²) in [7, 11) is 0. The molecular formula is C26H32N8O6. The van der Waals surface area contributed by atoms with Gasteiger partial charge in [-0.2, -0.15) is 0 Å². The Hall–Kier alpha value is -5.14.